The van der Waals surface area contributed by atoms with Crippen molar-refractivity contribution in [2.75, 3.05) is 37.6 Å². The van der Waals surface area contributed by atoms with Gasteiger partial charge in [0.15, 0.2) is 11.8 Å². The standard InChI is InChI=1S/C24H33N3O4/c1-17(2)31-21-10-4-3-8-19(21)26-15-13-25(14-16-26)11-6-12-27-23(29)18-7-5-9-20(28)22(18)24(27)30/h3-5,8-10,17,20,28-30H,6-7,11-16H2,1-2H3. The predicted molar refractivity (Wildman–Crippen MR) is 121 cm³/mol. The van der Waals surface area contributed by atoms with Crippen molar-refractivity contribution in [1.29, 1.82) is 0 Å². The molecule has 0 saturated carbocycles. The van der Waals surface area contributed by atoms with E-state index in [4.69, 9.17) is 4.74 Å². The Labute approximate surface area is 183 Å². The molecule has 1 fully saturated rings. The van der Waals surface area contributed by atoms with Crippen LogP contribution < -0.4 is 9.64 Å². The van der Waals surface area contributed by atoms with E-state index >= 15 is 0 Å². The fourth-order valence-electron chi connectivity index (χ4n) is 4.54. The van der Waals surface area contributed by atoms with Crippen LogP contribution in [0.5, 0.6) is 17.5 Å². The molecule has 7 nitrogen and oxygen atoms in total. The monoisotopic (exact) mass is 427 g/mol. The molecule has 3 N–H and O–H groups in total. The molecule has 4 rings (SSSR count). The van der Waals surface area contributed by atoms with Crippen LogP contribution in [0.2, 0.25) is 0 Å². The van der Waals surface area contributed by atoms with Gasteiger partial charge in [-0.25, -0.2) is 0 Å². The molecule has 1 aromatic heterocycles. The minimum atomic E-state index is -0.855. The molecule has 2 aromatic rings. The largest absolute Gasteiger partial charge is 0.494 e. The minimum Gasteiger partial charge on any atom is -0.494 e. The number of para-hydroxylation sites is 2. The summed E-state index contributed by atoms with van der Waals surface area (Å²) in [4.78, 5) is 4.79. The number of aromatic nitrogens is 1. The SMILES string of the molecule is CC(C)Oc1ccccc1N1CCN(CCCn2c(O)c3c(c2O)C(O)C=CC3)CC1. The van der Waals surface area contributed by atoms with E-state index < -0.39 is 6.10 Å². The zero-order chi connectivity index (χ0) is 22.0. The lowest BCUT2D eigenvalue weighted by Gasteiger charge is -2.37. The van der Waals surface area contributed by atoms with Crippen LogP contribution in [0.15, 0.2) is 36.4 Å². The van der Waals surface area contributed by atoms with Gasteiger partial charge >= 0.3 is 0 Å². The lowest BCUT2D eigenvalue weighted by Crippen LogP contribution is -2.46. The minimum absolute atomic E-state index is 0.0177. The zero-order valence-electron chi connectivity index (χ0n) is 18.4. The van der Waals surface area contributed by atoms with Crippen molar-refractivity contribution < 1.29 is 20.1 Å². The maximum atomic E-state index is 10.5. The first kappa shape index (κ1) is 21.6. The fraction of sp³-hybridized carbons (Fsp3) is 0.500. The molecule has 2 aliphatic rings. The first-order valence-corrected chi connectivity index (χ1v) is 11.2. The van der Waals surface area contributed by atoms with Crippen LogP contribution in [0, 0.1) is 0 Å². The number of hydrogen-bond acceptors (Lipinski definition) is 6. The molecule has 0 amide bonds. The summed E-state index contributed by atoms with van der Waals surface area (Å²) in [5.74, 6) is 0.989. The third-order valence-electron chi connectivity index (χ3n) is 6.08. The number of aliphatic hydroxyl groups is 1. The summed E-state index contributed by atoms with van der Waals surface area (Å²) in [7, 11) is 0. The van der Waals surface area contributed by atoms with E-state index in [0.717, 1.165) is 50.6 Å². The van der Waals surface area contributed by atoms with Gasteiger partial charge in [-0.2, -0.15) is 0 Å². The van der Waals surface area contributed by atoms with Crippen molar-refractivity contribution in [2.45, 2.75) is 45.4 Å². The Morgan fingerprint density at radius 3 is 2.48 bits per heavy atom. The number of aromatic hydroxyl groups is 2. The quantitative estimate of drug-likeness (QED) is 0.590. The molecule has 0 spiro atoms. The first-order chi connectivity index (χ1) is 15.0. The van der Waals surface area contributed by atoms with E-state index in [2.05, 4.69) is 21.9 Å². The molecule has 168 valence electrons. The normalized spacial score (nSPS) is 19.1. The summed E-state index contributed by atoms with van der Waals surface area (Å²) in [5.41, 5.74) is 2.22. The number of benzene rings is 1. The van der Waals surface area contributed by atoms with Gasteiger partial charge in [-0.05, 0) is 45.4 Å². The second-order valence-electron chi connectivity index (χ2n) is 8.58. The summed E-state index contributed by atoms with van der Waals surface area (Å²) < 4.78 is 7.50. The number of piperazine rings is 1. The number of anilines is 1. The number of nitrogens with zero attached hydrogens (tertiary/aromatic N) is 3. The van der Waals surface area contributed by atoms with Crippen LogP contribution >= 0.6 is 0 Å². The van der Waals surface area contributed by atoms with Gasteiger partial charge in [-0.15, -0.1) is 0 Å². The molecular formula is C24H33N3O4. The first-order valence-electron chi connectivity index (χ1n) is 11.2. The van der Waals surface area contributed by atoms with E-state index in [0.29, 0.717) is 24.1 Å². The molecular weight excluding hydrogens is 394 g/mol. The van der Waals surface area contributed by atoms with Crippen LogP contribution in [0.1, 0.15) is 37.5 Å². The van der Waals surface area contributed by atoms with Crippen LogP contribution in [0.25, 0.3) is 0 Å². The molecule has 7 heteroatoms. The molecule has 1 aliphatic carbocycles. The highest BCUT2D eigenvalue weighted by Crippen LogP contribution is 2.41. The highest BCUT2D eigenvalue weighted by atomic mass is 16.5. The molecule has 0 radical (unpaired) electrons. The topological polar surface area (TPSA) is 81.3 Å². The van der Waals surface area contributed by atoms with Crippen molar-refractivity contribution in [2.24, 2.45) is 0 Å². The van der Waals surface area contributed by atoms with Crippen LogP contribution in [-0.4, -0.2) is 63.6 Å². The van der Waals surface area contributed by atoms with Crippen LogP contribution in [-0.2, 0) is 13.0 Å². The lowest BCUT2D eigenvalue weighted by atomic mass is 9.99. The number of hydrogen-bond donors (Lipinski definition) is 3. The van der Waals surface area contributed by atoms with Crippen molar-refractivity contribution in [3.8, 4) is 17.5 Å². The number of ether oxygens (including phenoxy) is 1. The van der Waals surface area contributed by atoms with Gasteiger partial charge in [-0.3, -0.25) is 9.47 Å². The predicted octanol–water partition coefficient (Wildman–Crippen LogP) is 3.04. The maximum absolute atomic E-state index is 10.5. The van der Waals surface area contributed by atoms with E-state index in [1.165, 1.54) is 4.57 Å². The van der Waals surface area contributed by atoms with Gasteiger partial charge in [-0.1, -0.05) is 24.3 Å². The molecule has 1 atom stereocenters. The Morgan fingerprint density at radius 1 is 1.03 bits per heavy atom. The van der Waals surface area contributed by atoms with Crippen LogP contribution in [0.4, 0.5) is 5.69 Å². The molecule has 31 heavy (non-hydrogen) atoms. The average Bonchev–Trinajstić information content (AvgIpc) is 3.00. The molecule has 1 unspecified atom stereocenters. The molecule has 1 aromatic carbocycles. The summed E-state index contributed by atoms with van der Waals surface area (Å²) in [6, 6.07) is 8.22. The summed E-state index contributed by atoms with van der Waals surface area (Å²) >= 11 is 0. The second-order valence-corrected chi connectivity index (χ2v) is 8.58. The number of aliphatic hydroxyl groups excluding tert-OH is 1. The Bertz CT molecular complexity index is 929. The summed E-state index contributed by atoms with van der Waals surface area (Å²) in [6.45, 7) is 9.28. The highest BCUT2D eigenvalue weighted by Gasteiger charge is 2.27. The van der Waals surface area contributed by atoms with Gasteiger partial charge in [0.2, 0.25) is 0 Å². The number of allylic oxidation sites excluding steroid dienone is 1. The Morgan fingerprint density at radius 2 is 1.77 bits per heavy atom. The summed E-state index contributed by atoms with van der Waals surface area (Å²) in [5, 5.41) is 31.1. The van der Waals surface area contributed by atoms with Crippen molar-refractivity contribution >= 4 is 5.69 Å². The van der Waals surface area contributed by atoms with Gasteiger partial charge in [0, 0.05) is 38.3 Å². The van der Waals surface area contributed by atoms with E-state index in [-0.39, 0.29) is 17.9 Å². The molecule has 1 saturated heterocycles. The maximum Gasteiger partial charge on any atom is 0.200 e. The third kappa shape index (κ3) is 4.52. The lowest BCUT2D eigenvalue weighted by molar-refractivity contribution is 0.218. The summed E-state index contributed by atoms with van der Waals surface area (Å²) in [6.07, 6.45) is 4.10. The van der Waals surface area contributed by atoms with E-state index in [9.17, 15) is 15.3 Å². The van der Waals surface area contributed by atoms with Gasteiger partial charge in [0.25, 0.3) is 0 Å². The smallest absolute Gasteiger partial charge is 0.200 e. The Balaban J connectivity index is 1.30. The van der Waals surface area contributed by atoms with Crippen molar-refractivity contribution in [1.82, 2.24) is 9.47 Å². The van der Waals surface area contributed by atoms with E-state index in [1.807, 2.05) is 32.1 Å². The second kappa shape index (κ2) is 9.24. The number of fused-ring (bicyclic) bond motifs is 1. The molecule has 1 aliphatic heterocycles. The number of rotatable bonds is 7. The van der Waals surface area contributed by atoms with Crippen molar-refractivity contribution in [3.63, 3.8) is 0 Å². The van der Waals surface area contributed by atoms with E-state index in [1.54, 1.807) is 6.08 Å². The third-order valence-corrected chi connectivity index (χ3v) is 6.08. The average molecular weight is 428 g/mol. The highest BCUT2D eigenvalue weighted by molar-refractivity contribution is 5.58. The van der Waals surface area contributed by atoms with Gasteiger partial charge < -0.3 is 25.0 Å². The Kier molecular flexibility index (Phi) is 6.43. The van der Waals surface area contributed by atoms with Crippen molar-refractivity contribution in [3.05, 3.63) is 47.5 Å². The fourth-order valence-corrected chi connectivity index (χ4v) is 4.54. The van der Waals surface area contributed by atoms with Gasteiger partial charge in [0.05, 0.1) is 17.4 Å². The zero-order valence-corrected chi connectivity index (χ0v) is 18.4. The molecule has 2 heterocycles. The van der Waals surface area contributed by atoms with Crippen LogP contribution in [0.3, 0.4) is 0 Å². The Hall–Kier alpha value is -2.64. The van der Waals surface area contributed by atoms with Gasteiger partial charge in [0.1, 0.15) is 11.9 Å². The molecule has 0 bridgehead atoms.